The van der Waals surface area contributed by atoms with E-state index >= 15 is 0 Å². The maximum absolute atomic E-state index is 12.0. The summed E-state index contributed by atoms with van der Waals surface area (Å²) in [6, 6.07) is 0. The number of methoxy groups -OCH3 is 1. The van der Waals surface area contributed by atoms with Gasteiger partial charge in [-0.25, -0.2) is 9.89 Å². The number of aromatic amines is 2. The largest absolute Gasteiger partial charge is 0.465 e. The number of esters is 1. The van der Waals surface area contributed by atoms with Gasteiger partial charge in [-0.1, -0.05) is 0 Å². The van der Waals surface area contributed by atoms with Gasteiger partial charge in [-0.3, -0.25) is 10.1 Å². The fourth-order valence-electron chi connectivity index (χ4n) is 1.82. The van der Waals surface area contributed by atoms with E-state index in [4.69, 9.17) is 0 Å². The molecule has 0 saturated heterocycles. The summed E-state index contributed by atoms with van der Waals surface area (Å²) >= 11 is 0. The Morgan fingerprint density at radius 1 is 1.37 bits per heavy atom. The molecule has 0 radical (unpaired) electrons. The van der Waals surface area contributed by atoms with Gasteiger partial charge >= 0.3 is 5.97 Å². The molecule has 19 heavy (non-hydrogen) atoms. The highest BCUT2D eigenvalue weighted by Crippen LogP contribution is 2.19. The number of amides is 1. The van der Waals surface area contributed by atoms with Crippen molar-refractivity contribution in [2.45, 2.75) is 13.8 Å². The van der Waals surface area contributed by atoms with E-state index in [0.717, 1.165) is 0 Å². The van der Waals surface area contributed by atoms with E-state index in [1.165, 1.54) is 13.4 Å². The molecule has 0 bridgehead atoms. The number of aryl methyl sites for hydroxylation is 1. The third kappa shape index (κ3) is 2.32. The summed E-state index contributed by atoms with van der Waals surface area (Å²) < 4.78 is 4.68. The lowest BCUT2D eigenvalue weighted by molar-refractivity contribution is 0.0599. The first-order valence-corrected chi connectivity index (χ1v) is 5.48. The molecule has 2 rings (SSSR count). The average Bonchev–Trinajstić information content (AvgIpc) is 2.97. The Morgan fingerprint density at radius 2 is 2.11 bits per heavy atom. The van der Waals surface area contributed by atoms with Crippen LogP contribution < -0.4 is 5.32 Å². The van der Waals surface area contributed by atoms with E-state index in [1.54, 1.807) is 13.8 Å². The Kier molecular flexibility index (Phi) is 3.32. The van der Waals surface area contributed by atoms with E-state index < -0.39 is 11.9 Å². The van der Waals surface area contributed by atoms with Gasteiger partial charge in [0.1, 0.15) is 12.0 Å². The zero-order valence-electron chi connectivity index (χ0n) is 10.7. The smallest absolute Gasteiger partial charge is 0.339 e. The van der Waals surface area contributed by atoms with Crippen molar-refractivity contribution in [3.63, 3.8) is 0 Å². The molecule has 0 fully saturated rings. The second-order valence-corrected chi connectivity index (χ2v) is 3.90. The van der Waals surface area contributed by atoms with Gasteiger partial charge in [0.25, 0.3) is 5.91 Å². The predicted molar refractivity (Wildman–Crippen MR) is 65.9 cm³/mol. The van der Waals surface area contributed by atoms with Gasteiger partial charge in [-0.05, 0) is 19.4 Å². The third-order valence-corrected chi connectivity index (χ3v) is 2.70. The molecule has 3 N–H and O–H groups in total. The number of aromatic nitrogens is 4. The molecule has 8 heteroatoms. The average molecular weight is 263 g/mol. The minimum Gasteiger partial charge on any atom is -0.465 e. The summed E-state index contributed by atoms with van der Waals surface area (Å²) in [5.74, 6) is -0.659. The number of H-pyrrole nitrogens is 2. The van der Waals surface area contributed by atoms with Crippen molar-refractivity contribution in [1.82, 2.24) is 20.2 Å². The number of hydrogen-bond acceptors (Lipinski definition) is 5. The minimum atomic E-state index is -0.482. The van der Waals surface area contributed by atoms with Gasteiger partial charge in [0.05, 0.1) is 12.7 Å². The maximum Gasteiger partial charge on any atom is 0.339 e. The lowest BCUT2D eigenvalue weighted by Gasteiger charge is -2.01. The summed E-state index contributed by atoms with van der Waals surface area (Å²) in [5, 5.41) is 8.66. The molecule has 1 amide bonds. The van der Waals surface area contributed by atoms with Crippen molar-refractivity contribution in [3.05, 3.63) is 28.8 Å². The highest BCUT2D eigenvalue weighted by atomic mass is 16.5. The molecule has 0 unspecified atom stereocenters. The number of rotatable bonds is 3. The number of nitrogens with one attached hydrogen (secondary N) is 3. The summed E-state index contributed by atoms with van der Waals surface area (Å²) in [6.07, 6.45) is 1.28. The van der Waals surface area contributed by atoms with E-state index in [-0.39, 0.29) is 11.6 Å². The normalized spacial score (nSPS) is 10.3. The third-order valence-electron chi connectivity index (χ3n) is 2.70. The summed E-state index contributed by atoms with van der Waals surface area (Å²) in [4.78, 5) is 30.3. The standard InChI is InChI=1S/C11H13N5O3/c1-5-7(10(18)19-3)6(2)14-8(5)9(17)15-11-12-4-13-16-11/h4,14H,1-3H3,(H2,12,13,15,16,17). The number of carbonyl (C=O) groups excluding carboxylic acids is 2. The van der Waals surface area contributed by atoms with Gasteiger partial charge in [-0.2, -0.15) is 10.1 Å². The van der Waals surface area contributed by atoms with E-state index in [2.05, 4.69) is 30.2 Å². The zero-order valence-corrected chi connectivity index (χ0v) is 10.7. The van der Waals surface area contributed by atoms with Crippen LogP contribution in [0.4, 0.5) is 5.95 Å². The second kappa shape index (κ2) is 4.92. The lowest BCUT2D eigenvalue weighted by Crippen LogP contribution is -2.15. The molecule has 2 aromatic rings. The number of ether oxygens (including phenoxy) is 1. The molecule has 2 aromatic heterocycles. The molecule has 2 heterocycles. The summed E-state index contributed by atoms with van der Waals surface area (Å²) in [5.41, 5.74) is 1.76. The molecule has 0 spiro atoms. The Morgan fingerprint density at radius 3 is 2.68 bits per heavy atom. The molecule has 8 nitrogen and oxygen atoms in total. The highest BCUT2D eigenvalue weighted by Gasteiger charge is 2.22. The van der Waals surface area contributed by atoms with E-state index in [0.29, 0.717) is 16.8 Å². The van der Waals surface area contributed by atoms with Gasteiger partial charge in [0, 0.05) is 5.69 Å². The van der Waals surface area contributed by atoms with Gasteiger partial charge in [0.2, 0.25) is 5.95 Å². The molecule has 0 saturated carbocycles. The van der Waals surface area contributed by atoms with Gasteiger partial charge in [0.15, 0.2) is 0 Å². The Hall–Kier alpha value is -2.64. The van der Waals surface area contributed by atoms with Crippen LogP contribution in [0.15, 0.2) is 6.33 Å². The first-order chi connectivity index (χ1) is 9.04. The highest BCUT2D eigenvalue weighted by molar-refractivity contribution is 6.06. The molecule has 0 aliphatic rings. The number of carbonyl (C=O) groups is 2. The Balaban J connectivity index is 2.31. The zero-order chi connectivity index (χ0) is 14.0. The van der Waals surface area contributed by atoms with Crippen LogP contribution in [0.2, 0.25) is 0 Å². The first-order valence-electron chi connectivity index (χ1n) is 5.48. The first kappa shape index (κ1) is 12.8. The topological polar surface area (TPSA) is 113 Å². The van der Waals surface area contributed by atoms with E-state index in [1.807, 2.05) is 0 Å². The maximum atomic E-state index is 12.0. The lowest BCUT2D eigenvalue weighted by atomic mass is 10.1. The van der Waals surface area contributed by atoms with Crippen molar-refractivity contribution in [2.75, 3.05) is 12.4 Å². The SMILES string of the molecule is COC(=O)c1c(C)[nH]c(C(=O)Nc2ncn[nH]2)c1C. The molecule has 0 aliphatic carbocycles. The van der Waals surface area contributed by atoms with Gasteiger partial charge < -0.3 is 9.72 Å². The Bertz CT molecular complexity index is 615. The number of hydrogen-bond donors (Lipinski definition) is 3. The van der Waals surface area contributed by atoms with Crippen LogP contribution in [0.25, 0.3) is 0 Å². The molecule has 0 atom stereocenters. The van der Waals surface area contributed by atoms with Crippen molar-refractivity contribution >= 4 is 17.8 Å². The number of anilines is 1. The summed E-state index contributed by atoms with van der Waals surface area (Å²) in [7, 11) is 1.29. The van der Waals surface area contributed by atoms with Crippen LogP contribution >= 0.6 is 0 Å². The van der Waals surface area contributed by atoms with Crippen LogP contribution in [-0.2, 0) is 4.74 Å². The quantitative estimate of drug-likeness (QED) is 0.708. The van der Waals surface area contributed by atoms with Crippen LogP contribution in [0.5, 0.6) is 0 Å². The fraction of sp³-hybridized carbons (Fsp3) is 0.273. The fourth-order valence-corrected chi connectivity index (χ4v) is 1.82. The summed E-state index contributed by atoms with van der Waals surface area (Å²) in [6.45, 7) is 3.37. The molecule has 0 aromatic carbocycles. The second-order valence-electron chi connectivity index (χ2n) is 3.90. The van der Waals surface area contributed by atoms with Crippen LogP contribution in [0.1, 0.15) is 32.1 Å². The van der Waals surface area contributed by atoms with Crippen LogP contribution in [0, 0.1) is 13.8 Å². The van der Waals surface area contributed by atoms with Crippen LogP contribution in [0.3, 0.4) is 0 Å². The molecular formula is C11H13N5O3. The number of nitrogens with zero attached hydrogens (tertiary/aromatic N) is 2. The van der Waals surface area contributed by atoms with Crippen molar-refractivity contribution in [1.29, 1.82) is 0 Å². The van der Waals surface area contributed by atoms with Crippen molar-refractivity contribution < 1.29 is 14.3 Å². The molecular weight excluding hydrogens is 250 g/mol. The Labute approximate surface area is 108 Å². The van der Waals surface area contributed by atoms with Crippen LogP contribution in [-0.4, -0.2) is 39.2 Å². The van der Waals surface area contributed by atoms with Crippen molar-refractivity contribution in [2.24, 2.45) is 0 Å². The predicted octanol–water partition coefficient (Wildman–Crippen LogP) is 0.789. The molecule has 100 valence electrons. The van der Waals surface area contributed by atoms with Gasteiger partial charge in [-0.15, -0.1) is 0 Å². The minimum absolute atomic E-state index is 0.233. The van der Waals surface area contributed by atoms with E-state index in [9.17, 15) is 9.59 Å². The molecule has 0 aliphatic heterocycles. The monoisotopic (exact) mass is 263 g/mol. The van der Waals surface area contributed by atoms with Crippen molar-refractivity contribution in [3.8, 4) is 0 Å².